The van der Waals surface area contributed by atoms with Crippen molar-refractivity contribution in [3.63, 3.8) is 0 Å². The molecular weight excluding hydrogens is 295 g/mol. The quantitative estimate of drug-likeness (QED) is 0.897. The minimum Gasteiger partial charge on any atom is -0.396 e. The Morgan fingerprint density at radius 2 is 1.95 bits per heavy atom. The molecule has 0 amide bonds. The van der Waals surface area contributed by atoms with E-state index in [-0.39, 0.29) is 24.6 Å². The Morgan fingerprint density at radius 1 is 1.27 bits per heavy atom. The van der Waals surface area contributed by atoms with E-state index in [0.29, 0.717) is 6.54 Å². The molecule has 3 nitrogen and oxygen atoms in total. The Labute approximate surface area is 128 Å². The monoisotopic (exact) mass is 317 g/mol. The van der Waals surface area contributed by atoms with Gasteiger partial charge in [-0.15, -0.1) is 0 Å². The average molecular weight is 317 g/mol. The lowest BCUT2D eigenvalue weighted by Crippen LogP contribution is -2.44. The number of β-amino-alcohol motifs (C(OH)–C–C–N with tert-alkyl or cyclic N) is 1. The van der Waals surface area contributed by atoms with Crippen molar-refractivity contribution in [1.82, 2.24) is 4.90 Å². The smallest absolute Gasteiger partial charge is 0.396 e. The van der Waals surface area contributed by atoms with Crippen molar-refractivity contribution in [1.29, 1.82) is 0 Å². The summed E-state index contributed by atoms with van der Waals surface area (Å²) in [6.45, 7) is 3.33. The summed E-state index contributed by atoms with van der Waals surface area (Å²) in [4.78, 5) is 2.00. The number of alkyl halides is 3. The summed E-state index contributed by atoms with van der Waals surface area (Å²) >= 11 is 0. The summed E-state index contributed by atoms with van der Waals surface area (Å²) in [5.74, 6) is 0.172. The molecule has 1 saturated heterocycles. The van der Waals surface area contributed by atoms with Crippen LogP contribution in [0.3, 0.4) is 0 Å². The van der Waals surface area contributed by atoms with Crippen LogP contribution in [0.25, 0.3) is 0 Å². The molecule has 22 heavy (non-hydrogen) atoms. The molecule has 1 aliphatic rings. The van der Waals surface area contributed by atoms with Gasteiger partial charge in [-0.25, -0.2) is 0 Å². The Balaban J connectivity index is 2.12. The molecule has 0 spiro atoms. The van der Waals surface area contributed by atoms with Crippen LogP contribution in [0.15, 0.2) is 24.3 Å². The lowest BCUT2D eigenvalue weighted by atomic mass is 9.91. The van der Waals surface area contributed by atoms with Gasteiger partial charge in [0.1, 0.15) is 0 Å². The third-order valence-electron chi connectivity index (χ3n) is 4.20. The average Bonchev–Trinajstić information content (AvgIpc) is 2.46. The molecule has 2 N–H and O–H groups in total. The van der Waals surface area contributed by atoms with Gasteiger partial charge in [0.15, 0.2) is 0 Å². The minimum atomic E-state index is -4.42. The summed E-state index contributed by atoms with van der Waals surface area (Å²) in [5.41, 5.74) is -1.86. The predicted octanol–water partition coefficient (Wildman–Crippen LogP) is 2.62. The summed E-state index contributed by atoms with van der Waals surface area (Å²) < 4.78 is 38.4. The van der Waals surface area contributed by atoms with Crippen LogP contribution in [0.4, 0.5) is 13.2 Å². The SMILES string of the molecule is CC(O)(CN1CCCC(CO)C1)c1cccc(C(F)(F)F)c1. The number of halogens is 3. The second-order valence-corrected chi connectivity index (χ2v) is 6.28. The molecule has 1 aliphatic heterocycles. The molecular formula is C16H22F3NO2. The molecule has 1 fully saturated rings. The molecule has 1 aromatic carbocycles. The van der Waals surface area contributed by atoms with Crippen LogP contribution in [-0.2, 0) is 11.8 Å². The minimum absolute atomic E-state index is 0.0994. The van der Waals surface area contributed by atoms with Crippen LogP contribution in [-0.4, -0.2) is 41.4 Å². The highest BCUT2D eigenvalue weighted by Crippen LogP contribution is 2.32. The highest BCUT2D eigenvalue weighted by atomic mass is 19.4. The van der Waals surface area contributed by atoms with Crippen LogP contribution in [0.2, 0.25) is 0 Å². The first-order chi connectivity index (χ1) is 10.2. The molecule has 0 saturated carbocycles. The van der Waals surface area contributed by atoms with Crippen LogP contribution in [0, 0.1) is 5.92 Å². The third kappa shape index (κ3) is 4.21. The molecule has 0 bridgehead atoms. The lowest BCUT2D eigenvalue weighted by Gasteiger charge is -2.37. The fourth-order valence-corrected chi connectivity index (χ4v) is 3.00. The van der Waals surface area contributed by atoms with E-state index in [1.165, 1.54) is 19.1 Å². The molecule has 0 aliphatic carbocycles. The molecule has 2 unspecified atom stereocenters. The van der Waals surface area contributed by atoms with Crippen molar-refractivity contribution in [3.05, 3.63) is 35.4 Å². The van der Waals surface area contributed by atoms with E-state index in [1.807, 2.05) is 4.90 Å². The molecule has 6 heteroatoms. The zero-order valence-corrected chi connectivity index (χ0v) is 12.6. The van der Waals surface area contributed by atoms with Crippen molar-refractivity contribution in [2.75, 3.05) is 26.2 Å². The molecule has 2 rings (SSSR count). The van der Waals surface area contributed by atoms with Gasteiger partial charge in [0.25, 0.3) is 0 Å². The van der Waals surface area contributed by atoms with Crippen molar-refractivity contribution >= 4 is 0 Å². The fourth-order valence-electron chi connectivity index (χ4n) is 3.00. The van der Waals surface area contributed by atoms with Crippen molar-refractivity contribution in [3.8, 4) is 0 Å². The van der Waals surface area contributed by atoms with E-state index < -0.39 is 17.3 Å². The highest BCUT2D eigenvalue weighted by Gasteiger charge is 2.34. The topological polar surface area (TPSA) is 43.7 Å². The second-order valence-electron chi connectivity index (χ2n) is 6.28. The Bertz CT molecular complexity index is 502. The van der Waals surface area contributed by atoms with Gasteiger partial charge in [0.05, 0.1) is 11.2 Å². The Hall–Kier alpha value is -1.11. The molecule has 124 valence electrons. The van der Waals surface area contributed by atoms with Crippen molar-refractivity contribution in [2.45, 2.75) is 31.5 Å². The molecule has 1 aromatic rings. The van der Waals surface area contributed by atoms with Crippen molar-refractivity contribution in [2.24, 2.45) is 5.92 Å². The van der Waals surface area contributed by atoms with Crippen LogP contribution >= 0.6 is 0 Å². The standard InChI is InChI=1S/C16H22F3NO2/c1-15(22,11-20-7-3-4-12(9-20)10-21)13-5-2-6-14(8-13)16(17,18)19/h2,5-6,8,12,21-22H,3-4,7,9-11H2,1H3. The predicted molar refractivity (Wildman–Crippen MR) is 77.3 cm³/mol. The van der Waals surface area contributed by atoms with Gasteiger partial charge < -0.3 is 10.2 Å². The molecule has 0 radical (unpaired) electrons. The molecule has 0 aromatic heterocycles. The van der Waals surface area contributed by atoms with Gasteiger partial charge in [-0.2, -0.15) is 13.2 Å². The fraction of sp³-hybridized carbons (Fsp3) is 0.625. The van der Waals surface area contributed by atoms with Crippen molar-refractivity contribution < 1.29 is 23.4 Å². The molecule has 1 heterocycles. The first kappa shape index (κ1) is 17.2. The van der Waals surface area contributed by atoms with E-state index >= 15 is 0 Å². The van der Waals surface area contributed by atoms with Crippen LogP contribution < -0.4 is 0 Å². The normalized spacial score (nSPS) is 23.3. The van der Waals surface area contributed by atoms with Gasteiger partial charge in [0.2, 0.25) is 0 Å². The Kier molecular flexibility index (Phi) is 5.14. The molecule has 2 atom stereocenters. The van der Waals surface area contributed by atoms with Gasteiger partial charge in [-0.05, 0) is 49.9 Å². The van der Waals surface area contributed by atoms with Gasteiger partial charge in [0, 0.05) is 19.7 Å². The van der Waals surface area contributed by atoms with Crippen LogP contribution in [0.5, 0.6) is 0 Å². The van der Waals surface area contributed by atoms with E-state index in [9.17, 15) is 23.4 Å². The first-order valence-electron chi connectivity index (χ1n) is 7.46. The number of likely N-dealkylation sites (tertiary alicyclic amines) is 1. The number of piperidine rings is 1. The number of hydrogen-bond donors (Lipinski definition) is 2. The second kappa shape index (κ2) is 6.56. The van der Waals surface area contributed by atoms with E-state index in [0.717, 1.165) is 31.5 Å². The highest BCUT2D eigenvalue weighted by molar-refractivity contribution is 5.29. The zero-order chi connectivity index (χ0) is 16.4. The lowest BCUT2D eigenvalue weighted by molar-refractivity contribution is -0.137. The number of rotatable bonds is 4. The number of nitrogens with zero attached hydrogens (tertiary/aromatic N) is 1. The van der Waals surface area contributed by atoms with Gasteiger partial charge in [-0.3, -0.25) is 4.90 Å². The largest absolute Gasteiger partial charge is 0.416 e. The maximum atomic E-state index is 12.8. The summed E-state index contributed by atoms with van der Waals surface area (Å²) in [7, 11) is 0. The first-order valence-corrected chi connectivity index (χ1v) is 7.46. The van der Waals surface area contributed by atoms with E-state index in [1.54, 1.807) is 0 Å². The summed E-state index contributed by atoms with van der Waals surface area (Å²) in [5, 5.41) is 19.9. The summed E-state index contributed by atoms with van der Waals surface area (Å²) in [6.07, 6.45) is -2.55. The number of aliphatic hydroxyl groups excluding tert-OH is 1. The maximum absolute atomic E-state index is 12.8. The maximum Gasteiger partial charge on any atom is 0.416 e. The van der Waals surface area contributed by atoms with Gasteiger partial charge >= 0.3 is 6.18 Å². The number of hydrogen-bond acceptors (Lipinski definition) is 3. The third-order valence-corrected chi connectivity index (χ3v) is 4.20. The summed E-state index contributed by atoms with van der Waals surface area (Å²) in [6, 6.07) is 4.85. The van der Waals surface area contributed by atoms with E-state index in [4.69, 9.17) is 0 Å². The van der Waals surface area contributed by atoms with E-state index in [2.05, 4.69) is 0 Å². The number of aliphatic hydroxyl groups is 2. The zero-order valence-electron chi connectivity index (χ0n) is 12.6. The van der Waals surface area contributed by atoms with Crippen LogP contribution in [0.1, 0.15) is 30.9 Å². The van der Waals surface area contributed by atoms with Gasteiger partial charge in [-0.1, -0.05) is 12.1 Å². The number of benzene rings is 1. The Morgan fingerprint density at radius 3 is 2.59 bits per heavy atom.